The summed E-state index contributed by atoms with van der Waals surface area (Å²) in [6, 6.07) is 16.9. The summed E-state index contributed by atoms with van der Waals surface area (Å²) in [7, 11) is 1.53. The number of aromatic nitrogens is 2. The molecule has 1 heterocycles. The van der Waals surface area contributed by atoms with Gasteiger partial charge in [-0.1, -0.05) is 30.3 Å². The summed E-state index contributed by atoms with van der Waals surface area (Å²) in [6.07, 6.45) is 3.24. The number of nitriles is 1. The Kier molecular flexibility index (Phi) is 6.10. The molecule has 0 aliphatic heterocycles. The second kappa shape index (κ2) is 8.89. The summed E-state index contributed by atoms with van der Waals surface area (Å²) in [5.74, 6) is 0.860. The van der Waals surface area contributed by atoms with E-state index in [4.69, 9.17) is 14.7 Å². The fraction of sp³-hybridized carbons (Fsp3) is 0.174. The van der Waals surface area contributed by atoms with Crippen LogP contribution in [-0.4, -0.2) is 29.3 Å². The molecule has 146 valence electrons. The van der Waals surface area contributed by atoms with Crippen LogP contribution in [0.3, 0.4) is 0 Å². The van der Waals surface area contributed by atoms with Gasteiger partial charge in [0.1, 0.15) is 6.07 Å². The Morgan fingerprint density at radius 3 is 2.62 bits per heavy atom. The number of methoxy groups -OCH3 is 1. The predicted molar refractivity (Wildman–Crippen MR) is 111 cm³/mol. The normalized spacial score (nSPS) is 10.7. The van der Waals surface area contributed by atoms with Crippen molar-refractivity contribution in [3.8, 4) is 23.3 Å². The lowest BCUT2D eigenvalue weighted by Gasteiger charge is -2.08. The number of rotatable bonds is 7. The van der Waals surface area contributed by atoms with E-state index >= 15 is 0 Å². The first-order valence-corrected chi connectivity index (χ1v) is 9.07. The summed E-state index contributed by atoms with van der Waals surface area (Å²) in [5, 5.41) is 13.2. The molecule has 0 atom stereocenters. The first-order chi connectivity index (χ1) is 14.0. The Balaban J connectivity index is 1.85. The summed E-state index contributed by atoms with van der Waals surface area (Å²) in [4.78, 5) is 12.8. The average molecular weight is 387 g/mol. The first kappa shape index (κ1) is 19.9. The number of aryl methyl sites for hydroxylation is 1. The zero-order valence-corrected chi connectivity index (χ0v) is 16.5. The minimum absolute atomic E-state index is 0.0615. The van der Waals surface area contributed by atoms with Crippen molar-refractivity contribution in [3.63, 3.8) is 0 Å². The Morgan fingerprint density at radius 2 is 1.93 bits per heavy atom. The third-order valence-corrected chi connectivity index (χ3v) is 4.45. The molecule has 0 fully saturated rings. The molecule has 0 aliphatic rings. The lowest BCUT2D eigenvalue weighted by molar-refractivity contribution is 0.104. The molecule has 0 radical (unpaired) electrons. The van der Waals surface area contributed by atoms with Crippen LogP contribution in [0.5, 0.6) is 11.5 Å². The number of para-hydroxylation sites is 1. The summed E-state index contributed by atoms with van der Waals surface area (Å²) < 4.78 is 12.4. The molecule has 0 N–H and O–H groups in total. The molecule has 2 aromatic carbocycles. The van der Waals surface area contributed by atoms with E-state index in [0.29, 0.717) is 22.8 Å². The third kappa shape index (κ3) is 4.36. The second-order valence-corrected chi connectivity index (χ2v) is 6.35. The van der Waals surface area contributed by atoms with E-state index in [1.165, 1.54) is 13.2 Å². The zero-order chi connectivity index (χ0) is 20.8. The van der Waals surface area contributed by atoms with Crippen molar-refractivity contribution in [1.29, 1.82) is 5.26 Å². The SMILES string of the molecule is COc1cc(/C=C/C(=O)c2c(C)nn(-c3ccccc3)c2C)ccc1OCC#N. The van der Waals surface area contributed by atoms with Gasteiger partial charge in [0.15, 0.2) is 23.9 Å². The Morgan fingerprint density at radius 1 is 1.17 bits per heavy atom. The van der Waals surface area contributed by atoms with Crippen molar-refractivity contribution >= 4 is 11.9 Å². The number of hydrogen-bond donors (Lipinski definition) is 0. The topological polar surface area (TPSA) is 77.1 Å². The van der Waals surface area contributed by atoms with Gasteiger partial charge in [0, 0.05) is 0 Å². The van der Waals surface area contributed by atoms with Crippen LogP contribution in [0.2, 0.25) is 0 Å². The van der Waals surface area contributed by atoms with Crippen LogP contribution in [0.25, 0.3) is 11.8 Å². The highest BCUT2D eigenvalue weighted by Crippen LogP contribution is 2.28. The number of allylic oxidation sites excluding steroid dienone is 1. The van der Waals surface area contributed by atoms with Crippen LogP contribution in [0, 0.1) is 25.2 Å². The van der Waals surface area contributed by atoms with E-state index in [2.05, 4.69) is 5.10 Å². The zero-order valence-electron chi connectivity index (χ0n) is 16.5. The predicted octanol–water partition coefficient (Wildman–Crippen LogP) is 4.30. The van der Waals surface area contributed by atoms with Gasteiger partial charge in [-0.05, 0) is 49.8 Å². The van der Waals surface area contributed by atoms with E-state index in [0.717, 1.165) is 16.9 Å². The maximum absolute atomic E-state index is 12.8. The minimum atomic E-state index is -0.119. The lowest BCUT2D eigenvalue weighted by atomic mass is 10.1. The Hall–Kier alpha value is -3.85. The van der Waals surface area contributed by atoms with Crippen molar-refractivity contribution in [3.05, 3.63) is 77.1 Å². The van der Waals surface area contributed by atoms with Crippen molar-refractivity contribution in [2.45, 2.75) is 13.8 Å². The molecule has 0 saturated heterocycles. The molecule has 0 spiro atoms. The number of ketones is 1. The lowest BCUT2D eigenvalue weighted by Crippen LogP contribution is -2.01. The average Bonchev–Trinajstić information content (AvgIpc) is 3.05. The Labute approximate surface area is 169 Å². The van der Waals surface area contributed by atoms with Crippen LogP contribution < -0.4 is 9.47 Å². The van der Waals surface area contributed by atoms with Gasteiger partial charge in [-0.3, -0.25) is 4.79 Å². The van der Waals surface area contributed by atoms with E-state index in [9.17, 15) is 4.79 Å². The molecule has 3 aromatic rings. The molecule has 29 heavy (non-hydrogen) atoms. The second-order valence-electron chi connectivity index (χ2n) is 6.35. The number of ether oxygens (including phenoxy) is 2. The molecule has 3 rings (SSSR count). The smallest absolute Gasteiger partial charge is 0.189 e. The fourth-order valence-electron chi connectivity index (χ4n) is 3.09. The molecule has 6 heteroatoms. The monoisotopic (exact) mass is 387 g/mol. The number of nitrogens with zero attached hydrogens (tertiary/aromatic N) is 3. The quantitative estimate of drug-likeness (QED) is 0.446. The van der Waals surface area contributed by atoms with Crippen LogP contribution >= 0.6 is 0 Å². The van der Waals surface area contributed by atoms with E-state index in [1.807, 2.05) is 50.2 Å². The number of benzene rings is 2. The molecular formula is C23H21N3O3. The van der Waals surface area contributed by atoms with Crippen molar-refractivity contribution < 1.29 is 14.3 Å². The molecule has 6 nitrogen and oxygen atoms in total. The van der Waals surface area contributed by atoms with E-state index < -0.39 is 0 Å². The van der Waals surface area contributed by atoms with Gasteiger partial charge >= 0.3 is 0 Å². The molecule has 0 unspecified atom stereocenters. The standard InChI is InChI=1S/C23H21N3O3/c1-16-23(17(2)26(25-16)19-7-5-4-6-8-19)20(27)11-9-18-10-12-21(29-14-13-24)22(15-18)28-3/h4-12,15H,14H2,1-3H3/b11-9+. The summed E-state index contributed by atoms with van der Waals surface area (Å²) in [5.41, 5.74) is 3.75. The summed E-state index contributed by atoms with van der Waals surface area (Å²) >= 11 is 0. The molecule has 0 bridgehead atoms. The number of carbonyl (C=O) groups is 1. The van der Waals surface area contributed by atoms with Crippen LogP contribution in [-0.2, 0) is 0 Å². The van der Waals surface area contributed by atoms with Crippen molar-refractivity contribution in [2.24, 2.45) is 0 Å². The van der Waals surface area contributed by atoms with Crippen LogP contribution in [0.15, 0.2) is 54.6 Å². The van der Waals surface area contributed by atoms with E-state index in [1.54, 1.807) is 29.0 Å². The van der Waals surface area contributed by atoms with Crippen LogP contribution in [0.1, 0.15) is 27.3 Å². The molecule has 0 aliphatic carbocycles. The van der Waals surface area contributed by atoms with E-state index in [-0.39, 0.29) is 12.4 Å². The molecule has 0 saturated carbocycles. The molecule has 0 amide bonds. The van der Waals surface area contributed by atoms with Gasteiger partial charge in [-0.2, -0.15) is 10.4 Å². The maximum atomic E-state index is 12.8. The van der Waals surface area contributed by atoms with Crippen molar-refractivity contribution in [1.82, 2.24) is 9.78 Å². The van der Waals surface area contributed by atoms with Crippen LogP contribution in [0.4, 0.5) is 0 Å². The van der Waals surface area contributed by atoms with Crippen molar-refractivity contribution in [2.75, 3.05) is 13.7 Å². The number of carbonyl (C=O) groups excluding carboxylic acids is 1. The highest BCUT2D eigenvalue weighted by Gasteiger charge is 2.17. The molecule has 1 aromatic heterocycles. The number of hydrogen-bond acceptors (Lipinski definition) is 5. The minimum Gasteiger partial charge on any atom is -0.493 e. The van der Waals surface area contributed by atoms with Gasteiger partial charge in [0.2, 0.25) is 0 Å². The van der Waals surface area contributed by atoms with Gasteiger partial charge in [-0.15, -0.1) is 0 Å². The Bertz CT molecular complexity index is 1090. The largest absolute Gasteiger partial charge is 0.493 e. The highest BCUT2D eigenvalue weighted by atomic mass is 16.5. The third-order valence-electron chi connectivity index (χ3n) is 4.45. The maximum Gasteiger partial charge on any atom is 0.189 e. The fourth-order valence-corrected chi connectivity index (χ4v) is 3.09. The van der Waals surface area contributed by atoms with Gasteiger partial charge in [0.05, 0.1) is 29.7 Å². The van der Waals surface area contributed by atoms with Gasteiger partial charge in [0.25, 0.3) is 0 Å². The highest BCUT2D eigenvalue weighted by molar-refractivity contribution is 6.08. The summed E-state index contributed by atoms with van der Waals surface area (Å²) in [6.45, 7) is 3.66. The van der Waals surface area contributed by atoms with Gasteiger partial charge in [-0.25, -0.2) is 4.68 Å². The van der Waals surface area contributed by atoms with Gasteiger partial charge < -0.3 is 9.47 Å². The first-order valence-electron chi connectivity index (χ1n) is 9.07. The molecular weight excluding hydrogens is 366 g/mol.